The minimum Gasteiger partial charge on any atom is -0.351 e. The number of carbonyl (C=O) groups is 2. The van der Waals surface area contributed by atoms with Crippen LogP contribution in [0.15, 0.2) is 30.3 Å². The van der Waals surface area contributed by atoms with Gasteiger partial charge in [0.05, 0.1) is 0 Å². The first-order valence-electron chi connectivity index (χ1n) is 3.75. The summed E-state index contributed by atoms with van der Waals surface area (Å²) < 4.78 is 0. The molecule has 3 amide bonds. The second kappa shape index (κ2) is 3.71. The van der Waals surface area contributed by atoms with E-state index in [9.17, 15) is 9.59 Å². The third-order valence-electron chi connectivity index (χ3n) is 1.66. The Labute approximate surface area is 75.9 Å². The predicted octanol–water partition coefficient (Wildman–Crippen LogP) is 0.837. The van der Waals surface area contributed by atoms with Gasteiger partial charge in [-0.15, -0.1) is 0 Å². The Bertz CT molecular complexity index is 322. The Morgan fingerprint density at radius 1 is 1.23 bits per heavy atom. The summed E-state index contributed by atoms with van der Waals surface area (Å²) in [7, 11) is 1.34. The smallest absolute Gasteiger partial charge is 0.321 e. The number of hydrogen-bond donors (Lipinski definition) is 1. The number of rotatable bonds is 1. The lowest BCUT2D eigenvalue weighted by Gasteiger charge is -2.11. The maximum absolute atomic E-state index is 11.4. The minimum atomic E-state index is -0.756. The van der Waals surface area contributed by atoms with Gasteiger partial charge in [-0.2, -0.15) is 0 Å². The maximum atomic E-state index is 11.4. The summed E-state index contributed by atoms with van der Waals surface area (Å²) >= 11 is 0. The number of amides is 3. The molecule has 1 rings (SSSR count). The lowest BCUT2D eigenvalue weighted by atomic mass is 10.2. The standard InChI is InChI=1S/C9H10N2O2/c1-11(9(10)13)8(12)7-5-3-2-4-6-7/h2-6H,1H3,(H2,10,13). The van der Waals surface area contributed by atoms with Crippen molar-refractivity contribution in [3.05, 3.63) is 35.9 Å². The summed E-state index contributed by atoms with van der Waals surface area (Å²) in [6.45, 7) is 0. The molecule has 1 aromatic rings. The molecule has 0 unspecified atom stereocenters. The van der Waals surface area contributed by atoms with Crippen LogP contribution >= 0.6 is 0 Å². The number of urea groups is 1. The highest BCUT2D eigenvalue weighted by molar-refractivity contribution is 6.03. The molecule has 0 radical (unpaired) electrons. The van der Waals surface area contributed by atoms with Crippen LogP contribution < -0.4 is 5.73 Å². The van der Waals surface area contributed by atoms with Gasteiger partial charge >= 0.3 is 6.03 Å². The fourth-order valence-electron chi connectivity index (χ4n) is 0.874. The molecule has 0 fully saturated rings. The summed E-state index contributed by atoms with van der Waals surface area (Å²) in [5, 5.41) is 0. The van der Waals surface area contributed by atoms with Gasteiger partial charge < -0.3 is 5.73 Å². The second-order valence-corrected chi connectivity index (χ2v) is 2.57. The van der Waals surface area contributed by atoms with Crippen LogP contribution in [0.3, 0.4) is 0 Å². The molecule has 0 heterocycles. The Morgan fingerprint density at radius 3 is 2.23 bits per heavy atom. The van der Waals surface area contributed by atoms with Crippen LogP contribution in [0.5, 0.6) is 0 Å². The quantitative estimate of drug-likeness (QED) is 0.692. The molecular weight excluding hydrogens is 168 g/mol. The Hall–Kier alpha value is -1.84. The van der Waals surface area contributed by atoms with Crippen LogP contribution in [-0.2, 0) is 0 Å². The van der Waals surface area contributed by atoms with Gasteiger partial charge in [-0.3, -0.25) is 9.69 Å². The van der Waals surface area contributed by atoms with Crippen molar-refractivity contribution in [2.24, 2.45) is 5.73 Å². The molecule has 0 aliphatic rings. The van der Waals surface area contributed by atoms with Crippen LogP contribution in [0.1, 0.15) is 10.4 Å². The third-order valence-corrected chi connectivity index (χ3v) is 1.66. The number of carbonyl (C=O) groups excluding carboxylic acids is 2. The van der Waals surface area contributed by atoms with Crippen molar-refractivity contribution in [2.75, 3.05) is 7.05 Å². The molecule has 0 saturated heterocycles. The van der Waals surface area contributed by atoms with E-state index in [4.69, 9.17) is 5.73 Å². The van der Waals surface area contributed by atoms with Crippen LogP contribution in [0, 0.1) is 0 Å². The number of hydrogen-bond acceptors (Lipinski definition) is 2. The first-order valence-corrected chi connectivity index (χ1v) is 3.75. The number of nitrogens with two attached hydrogens (primary N) is 1. The molecule has 0 aliphatic carbocycles. The molecule has 68 valence electrons. The van der Waals surface area contributed by atoms with Crippen LogP contribution in [0.4, 0.5) is 4.79 Å². The molecule has 13 heavy (non-hydrogen) atoms. The van der Waals surface area contributed by atoms with E-state index in [-0.39, 0.29) is 0 Å². The maximum Gasteiger partial charge on any atom is 0.321 e. The van der Waals surface area contributed by atoms with Crippen molar-refractivity contribution >= 4 is 11.9 Å². The molecule has 0 aromatic heterocycles. The topological polar surface area (TPSA) is 63.4 Å². The highest BCUT2D eigenvalue weighted by Gasteiger charge is 2.14. The van der Waals surface area contributed by atoms with Gasteiger partial charge in [0.1, 0.15) is 0 Å². The average molecular weight is 178 g/mol. The van der Waals surface area contributed by atoms with E-state index in [1.54, 1.807) is 30.3 Å². The summed E-state index contributed by atoms with van der Waals surface area (Å²) in [4.78, 5) is 22.9. The summed E-state index contributed by atoms with van der Waals surface area (Å²) in [6.07, 6.45) is 0. The first kappa shape index (κ1) is 9.25. The lowest BCUT2D eigenvalue weighted by molar-refractivity contribution is 0.0838. The van der Waals surface area contributed by atoms with Crippen LogP contribution in [0.25, 0.3) is 0 Å². The zero-order valence-corrected chi connectivity index (χ0v) is 7.23. The molecule has 0 aliphatic heterocycles. The van der Waals surface area contributed by atoms with E-state index in [1.165, 1.54) is 7.05 Å². The molecule has 4 nitrogen and oxygen atoms in total. The normalized spacial score (nSPS) is 9.31. The predicted molar refractivity (Wildman–Crippen MR) is 48.1 cm³/mol. The monoisotopic (exact) mass is 178 g/mol. The number of benzene rings is 1. The molecule has 0 bridgehead atoms. The van der Waals surface area contributed by atoms with Crippen LogP contribution in [0.2, 0.25) is 0 Å². The van der Waals surface area contributed by atoms with Crippen molar-refractivity contribution in [3.8, 4) is 0 Å². The van der Waals surface area contributed by atoms with Gasteiger partial charge in [0.25, 0.3) is 5.91 Å². The molecule has 0 saturated carbocycles. The van der Waals surface area contributed by atoms with E-state index < -0.39 is 11.9 Å². The zero-order valence-electron chi connectivity index (χ0n) is 7.23. The Balaban J connectivity index is 2.86. The van der Waals surface area contributed by atoms with Crippen molar-refractivity contribution < 1.29 is 9.59 Å². The molecule has 0 spiro atoms. The van der Waals surface area contributed by atoms with E-state index in [0.29, 0.717) is 5.56 Å². The van der Waals surface area contributed by atoms with E-state index in [0.717, 1.165) is 4.90 Å². The minimum absolute atomic E-state index is 0.395. The summed E-state index contributed by atoms with van der Waals surface area (Å²) in [5.74, 6) is -0.395. The zero-order chi connectivity index (χ0) is 9.84. The van der Waals surface area contributed by atoms with E-state index in [1.807, 2.05) is 0 Å². The van der Waals surface area contributed by atoms with Crippen molar-refractivity contribution in [1.82, 2.24) is 4.90 Å². The summed E-state index contributed by atoms with van der Waals surface area (Å²) in [6, 6.07) is 7.74. The lowest BCUT2D eigenvalue weighted by Crippen LogP contribution is -2.37. The molecule has 4 heteroatoms. The van der Waals surface area contributed by atoms with Gasteiger partial charge in [-0.1, -0.05) is 18.2 Å². The van der Waals surface area contributed by atoms with Gasteiger partial charge in [-0.25, -0.2) is 4.79 Å². The van der Waals surface area contributed by atoms with E-state index >= 15 is 0 Å². The highest BCUT2D eigenvalue weighted by Crippen LogP contribution is 2.02. The number of primary amides is 1. The van der Waals surface area contributed by atoms with Gasteiger partial charge in [-0.05, 0) is 12.1 Å². The SMILES string of the molecule is CN(C(N)=O)C(=O)c1ccccc1. The molecule has 1 aromatic carbocycles. The van der Waals surface area contributed by atoms with Crippen molar-refractivity contribution in [1.29, 1.82) is 0 Å². The van der Waals surface area contributed by atoms with E-state index in [2.05, 4.69) is 0 Å². The second-order valence-electron chi connectivity index (χ2n) is 2.57. The highest BCUT2D eigenvalue weighted by atomic mass is 16.2. The van der Waals surface area contributed by atoms with Crippen LogP contribution in [-0.4, -0.2) is 23.9 Å². The van der Waals surface area contributed by atoms with Gasteiger partial charge in [0, 0.05) is 12.6 Å². The fraction of sp³-hybridized carbons (Fsp3) is 0.111. The average Bonchev–Trinajstić information content (AvgIpc) is 2.17. The Kier molecular flexibility index (Phi) is 2.64. The van der Waals surface area contributed by atoms with Crippen molar-refractivity contribution in [2.45, 2.75) is 0 Å². The summed E-state index contributed by atoms with van der Waals surface area (Å²) in [5.41, 5.74) is 5.39. The first-order chi connectivity index (χ1) is 6.13. The molecule has 2 N–H and O–H groups in total. The van der Waals surface area contributed by atoms with Gasteiger partial charge in [0.2, 0.25) is 0 Å². The van der Waals surface area contributed by atoms with Crippen molar-refractivity contribution in [3.63, 3.8) is 0 Å². The number of imide groups is 1. The molecule has 0 atom stereocenters. The third kappa shape index (κ3) is 2.05. The van der Waals surface area contributed by atoms with Gasteiger partial charge in [0.15, 0.2) is 0 Å². The largest absolute Gasteiger partial charge is 0.351 e. The Morgan fingerprint density at radius 2 is 1.77 bits per heavy atom. The number of nitrogens with zero attached hydrogens (tertiary/aromatic N) is 1. The molecular formula is C9H10N2O2. The fourth-order valence-corrected chi connectivity index (χ4v) is 0.874.